The summed E-state index contributed by atoms with van der Waals surface area (Å²) in [5, 5.41) is 3.17. The van der Waals surface area contributed by atoms with E-state index in [2.05, 4.69) is 5.32 Å². The third-order valence-corrected chi connectivity index (χ3v) is 5.47. The van der Waals surface area contributed by atoms with Crippen LogP contribution in [0.3, 0.4) is 0 Å². The highest BCUT2D eigenvalue weighted by Crippen LogP contribution is 2.22. The van der Waals surface area contributed by atoms with Crippen LogP contribution < -0.4 is 5.32 Å². The van der Waals surface area contributed by atoms with E-state index in [1.807, 2.05) is 27.0 Å². The van der Waals surface area contributed by atoms with E-state index in [-0.39, 0.29) is 6.04 Å². The van der Waals surface area contributed by atoms with Crippen LogP contribution in [0.25, 0.3) is 0 Å². The van der Waals surface area contributed by atoms with Crippen molar-refractivity contribution < 1.29 is 8.42 Å². The minimum atomic E-state index is -3.36. The van der Waals surface area contributed by atoms with Crippen LogP contribution in [0.2, 0.25) is 0 Å². The molecule has 0 saturated carbocycles. The Bertz CT molecular complexity index is 534. The van der Waals surface area contributed by atoms with Crippen LogP contribution in [-0.2, 0) is 10.0 Å². The molecule has 1 fully saturated rings. The number of piperidine rings is 1. The van der Waals surface area contributed by atoms with Gasteiger partial charge in [-0.05, 0) is 57.0 Å². The molecule has 5 heteroatoms. The van der Waals surface area contributed by atoms with Crippen LogP contribution in [0.5, 0.6) is 0 Å². The number of nitrogens with zero attached hydrogens (tertiary/aromatic N) is 1. The van der Waals surface area contributed by atoms with Gasteiger partial charge in [0.2, 0.25) is 10.0 Å². The van der Waals surface area contributed by atoms with Gasteiger partial charge >= 0.3 is 0 Å². The van der Waals surface area contributed by atoms with Crippen LogP contribution in [0.4, 0.5) is 0 Å². The zero-order valence-corrected chi connectivity index (χ0v) is 12.6. The highest BCUT2D eigenvalue weighted by atomic mass is 32.2. The van der Waals surface area contributed by atoms with Crippen LogP contribution in [0.1, 0.15) is 24.0 Å². The molecule has 1 saturated heterocycles. The Kier molecular flexibility index (Phi) is 4.28. The van der Waals surface area contributed by atoms with Crippen molar-refractivity contribution in [3.8, 4) is 0 Å². The summed E-state index contributed by atoms with van der Waals surface area (Å²) >= 11 is 0. The van der Waals surface area contributed by atoms with Crippen molar-refractivity contribution in [2.75, 3.05) is 20.1 Å². The van der Waals surface area contributed by atoms with Crippen molar-refractivity contribution in [2.45, 2.75) is 37.6 Å². The summed E-state index contributed by atoms with van der Waals surface area (Å²) in [4.78, 5) is 0.418. The van der Waals surface area contributed by atoms with Crippen molar-refractivity contribution >= 4 is 10.0 Å². The zero-order chi connectivity index (χ0) is 14.0. The summed E-state index contributed by atoms with van der Waals surface area (Å²) in [7, 11) is -1.47. The number of benzene rings is 1. The largest absolute Gasteiger partial charge is 0.316 e. The van der Waals surface area contributed by atoms with Crippen molar-refractivity contribution in [3.63, 3.8) is 0 Å². The Balaban J connectivity index is 2.31. The number of hydrogen-bond acceptors (Lipinski definition) is 3. The first kappa shape index (κ1) is 14.5. The van der Waals surface area contributed by atoms with E-state index in [9.17, 15) is 8.42 Å². The molecule has 1 unspecified atom stereocenters. The van der Waals surface area contributed by atoms with Crippen LogP contribution >= 0.6 is 0 Å². The molecule has 0 aromatic heterocycles. The second kappa shape index (κ2) is 5.61. The normalized spacial score (nSPS) is 21.5. The molecule has 0 amide bonds. The van der Waals surface area contributed by atoms with E-state index < -0.39 is 10.0 Å². The Morgan fingerprint density at radius 1 is 1.21 bits per heavy atom. The number of sulfonamides is 1. The van der Waals surface area contributed by atoms with Crippen molar-refractivity contribution in [1.82, 2.24) is 9.62 Å². The van der Waals surface area contributed by atoms with E-state index in [1.54, 1.807) is 16.4 Å². The number of likely N-dealkylation sites (N-methyl/N-ethyl adjacent to an activating group) is 1. The monoisotopic (exact) mass is 282 g/mol. The highest BCUT2D eigenvalue weighted by molar-refractivity contribution is 7.89. The average molecular weight is 282 g/mol. The molecule has 2 rings (SSSR count). The van der Waals surface area contributed by atoms with E-state index in [0.29, 0.717) is 18.0 Å². The molecule has 1 aromatic carbocycles. The van der Waals surface area contributed by atoms with Gasteiger partial charge in [0.25, 0.3) is 0 Å². The van der Waals surface area contributed by atoms with Gasteiger partial charge in [0, 0.05) is 19.1 Å². The third-order valence-electron chi connectivity index (χ3n) is 3.63. The summed E-state index contributed by atoms with van der Waals surface area (Å²) in [5.41, 5.74) is 1.97. The SMILES string of the molecule is CNC1CCCN(S(=O)(=O)c2cc(C)cc(C)c2)C1. The fraction of sp³-hybridized carbons (Fsp3) is 0.571. The lowest BCUT2D eigenvalue weighted by Gasteiger charge is -2.31. The quantitative estimate of drug-likeness (QED) is 0.917. The number of nitrogens with one attached hydrogen (secondary N) is 1. The predicted molar refractivity (Wildman–Crippen MR) is 76.8 cm³/mol. The van der Waals surface area contributed by atoms with Crippen molar-refractivity contribution in [3.05, 3.63) is 29.3 Å². The van der Waals surface area contributed by atoms with Gasteiger partial charge in [0.1, 0.15) is 0 Å². The lowest BCUT2D eigenvalue weighted by molar-refractivity contribution is 0.293. The average Bonchev–Trinajstić information content (AvgIpc) is 2.37. The first-order valence-electron chi connectivity index (χ1n) is 6.69. The molecule has 1 aliphatic heterocycles. The summed E-state index contributed by atoms with van der Waals surface area (Å²) in [6, 6.07) is 5.76. The molecule has 106 valence electrons. The Hall–Kier alpha value is -0.910. The maximum absolute atomic E-state index is 12.7. The number of hydrogen-bond donors (Lipinski definition) is 1. The molecule has 0 spiro atoms. The van der Waals surface area contributed by atoms with Gasteiger partial charge in [-0.15, -0.1) is 0 Å². The molecule has 4 nitrogen and oxygen atoms in total. The Labute approximate surface area is 115 Å². The van der Waals surface area contributed by atoms with Crippen LogP contribution in [0, 0.1) is 13.8 Å². The molecule has 1 aliphatic rings. The third kappa shape index (κ3) is 3.16. The number of aryl methyl sites for hydroxylation is 2. The van der Waals surface area contributed by atoms with Crippen molar-refractivity contribution in [1.29, 1.82) is 0 Å². The molecule has 1 N–H and O–H groups in total. The van der Waals surface area contributed by atoms with E-state index in [0.717, 1.165) is 24.0 Å². The molecule has 0 aliphatic carbocycles. The summed E-state index contributed by atoms with van der Waals surface area (Å²) in [6.45, 7) is 5.04. The van der Waals surface area contributed by atoms with Crippen LogP contribution in [0.15, 0.2) is 23.1 Å². The molecule has 0 bridgehead atoms. The lowest BCUT2D eigenvalue weighted by atomic mass is 10.1. The maximum atomic E-state index is 12.7. The molecule has 19 heavy (non-hydrogen) atoms. The first-order valence-corrected chi connectivity index (χ1v) is 8.13. The molecule has 1 heterocycles. The zero-order valence-electron chi connectivity index (χ0n) is 11.8. The second-order valence-electron chi connectivity index (χ2n) is 5.31. The Morgan fingerprint density at radius 3 is 2.42 bits per heavy atom. The predicted octanol–water partition coefficient (Wildman–Crippen LogP) is 1.68. The van der Waals surface area contributed by atoms with Gasteiger partial charge in [-0.2, -0.15) is 4.31 Å². The van der Waals surface area contributed by atoms with Gasteiger partial charge < -0.3 is 5.32 Å². The topological polar surface area (TPSA) is 49.4 Å². The van der Waals surface area contributed by atoms with E-state index >= 15 is 0 Å². The first-order chi connectivity index (χ1) is 8.93. The van der Waals surface area contributed by atoms with Gasteiger partial charge in [-0.3, -0.25) is 0 Å². The molecule has 1 atom stereocenters. The molecular weight excluding hydrogens is 260 g/mol. The van der Waals surface area contributed by atoms with Gasteiger partial charge in [0.05, 0.1) is 4.90 Å². The summed E-state index contributed by atoms with van der Waals surface area (Å²) in [6.07, 6.45) is 1.95. The minimum absolute atomic E-state index is 0.259. The second-order valence-corrected chi connectivity index (χ2v) is 7.25. The van der Waals surface area contributed by atoms with E-state index in [4.69, 9.17) is 0 Å². The summed E-state index contributed by atoms with van der Waals surface area (Å²) < 4.78 is 26.9. The van der Waals surface area contributed by atoms with Crippen molar-refractivity contribution in [2.24, 2.45) is 0 Å². The van der Waals surface area contributed by atoms with E-state index in [1.165, 1.54) is 0 Å². The fourth-order valence-corrected chi connectivity index (χ4v) is 4.34. The summed E-state index contributed by atoms with van der Waals surface area (Å²) in [5.74, 6) is 0. The molecular formula is C14H22N2O2S. The lowest BCUT2D eigenvalue weighted by Crippen LogP contribution is -2.46. The van der Waals surface area contributed by atoms with Gasteiger partial charge in [-0.25, -0.2) is 8.42 Å². The van der Waals surface area contributed by atoms with Crippen LogP contribution in [-0.4, -0.2) is 38.9 Å². The standard InChI is InChI=1S/C14H22N2O2S/c1-11-7-12(2)9-14(8-11)19(17,18)16-6-4-5-13(10-16)15-3/h7-9,13,15H,4-6,10H2,1-3H3. The van der Waals surface area contributed by atoms with Gasteiger partial charge in [-0.1, -0.05) is 6.07 Å². The Morgan fingerprint density at radius 2 is 1.84 bits per heavy atom. The van der Waals surface area contributed by atoms with Gasteiger partial charge in [0.15, 0.2) is 0 Å². The number of rotatable bonds is 3. The molecule has 0 radical (unpaired) electrons. The minimum Gasteiger partial charge on any atom is -0.316 e. The maximum Gasteiger partial charge on any atom is 0.243 e. The fourth-order valence-electron chi connectivity index (χ4n) is 2.63. The molecule has 1 aromatic rings. The highest BCUT2D eigenvalue weighted by Gasteiger charge is 2.29. The smallest absolute Gasteiger partial charge is 0.243 e.